The molecular weight excluding hydrogens is 487 g/mol. The molecule has 5 rings (SSSR count). The van der Waals surface area contributed by atoms with Gasteiger partial charge in [-0.2, -0.15) is 0 Å². The standard InChI is InChI=1S/C30H27FN2O5/c1-3-38-22-9-7-18(8-10-22)28(34)26-27(19-5-4-6-21(31)15-19)33(30(36)29(26)35)14-13-20-17-32-25-12-11-23(37-2)16-24(20)25/h4-12,15-17,27,32,34H,3,13-14H2,1-2H3/t27-/m0/s1. The van der Waals surface area contributed by atoms with Gasteiger partial charge in [0, 0.05) is 29.2 Å². The third kappa shape index (κ3) is 4.61. The average Bonchev–Trinajstić information content (AvgIpc) is 3.45. The third-order valence-electron chi connectivity index (χ3n) is 6.74. The topological polar surface area (TPSA) is 91.9 Å². The number of carbonyl (C=O) groups is 2. The highest BCUT2D eigenvalue weighted by molar-refractivity contribution is 6.46. The van der Waals surface area contributed by atoms with Crippen LogP contribution in [0.5, 0.6) is 11.5 Å². The van der Waals surface area contributed by atoms with Gasteiger partial charge in [0.05, 0.1) is 25.3 Å². The highest BCUT2D eigenvalue weighted by atomic mass is 19.1. The number of nitrogens with one attached hydrogen (secondary N) is 1. The van der Waals surface area contributed by atoms with Crippen LogP contribution < -0.4 is 9.47 Å². The largest absolute Gasteiger partial charge is 0.507 e. The van der Waals surface area contributed by atoms with Crippen LogP contribution in [0.25, 0.3) is 16.7 Å². The fourth-order valence-corrected chi connectivity index (χ4v) is 4.90. The Kier molecular flexibility index (Phi) is 6.87. The molecule has 1 fully saturated rings. The maximum Gasteiger partial charge on any atom is 0.295 e. The summed E-state index contributed by atoms with van der Waals surface area (Å²) in [5.74, 6) is -1.07. The molecule has 194 valence electrons. The molecule has 1 atom stereocenters. The Labute approximate surface area is 219 Å². The van der Waals surface area contributed by atoms with Crippen LogP contribution in [0.4, 0.5) is 4.39 Å². The first kappa shape index (κ1) is 25.1. The number of Topliss-reactive ketones (excluding diaryl/α,β-unsaturated/α-hetero) is 1. The number of amides is 1. The zero-order valence-electron chi connectivity index (χ0n) is 21.0. The van der Waals surface area contributed by atoms with Crippen molar-refractivity contribution in [2.75, 3.05) is 20.3 Å². The van der Waals surface area contributed by atoms with Crippen LogP contribution in [0.3, 0.4) is 0 Å². The van der Waals surface area contributed by atoms with Crippen LogP contribution in [0.1, 0.15) is 29.7 Å². The second-order valence-corrected chi connectivity index (χ2v) is 8.98. The van der Waals surface area contributed by atoms with Gasteiger partial charge in [-0.05, 0) is 79.1 Å². The van der Waals surface area contributed by atoms with Crippen molar-refractivity contribution in [3.05, 3.63) is 101 Å². The summed E-state index contributed by atoms with van der Waals surface area (Å²) in [6, 6.07) is 17.1. The van der Waals surface area contributed by atoms with E-state index in [0.717, 1.165) is 16.5 Å². The monoisotopic (exact) mass is 514 g/mol. The summed E-state index contributed by atoms with van der Waals surface area (Å²) in [6.07, 6.45) is 2.28. The lowest BCUT2D eigenvalue weighted by Gasteiger charge is -2.25. The van der Waals surface area contributed by atoms with E-state index in [-0.39, 0.29) is 17.9 Å². The number of likely N-dealkylation sites (tertiary alicyclic amines) is 1. The van der Waals surface area contributed by atoms with Crippen molar-refractivity contribution in [3.63, 3.8) is 0 Å². The number of ketones is 1. The number of H-pyrrole nitrogens is 1. The molecule has 2 heterocycles. The maximum atomic E-state index is 14.3. The van der Waals surface area contributed by atoms with Crippen LogP contribution in [0, 0.1) is 5.82 Å². The molecule has 1 aromatic heterocycles. The summed E-state index contributed by atoms with van der Waals surface area (Å²) in [7, 11) is 1.59. The van der Waals surface area contributed by atoms with Crippen molar-refractivity contribution >= 4 is 28.4 Å². The van der Waals surface area contributed by atoms with Crippen molar-refractivity contribution in [3.8, 4) is 11.5 Å². The van der Waals surface area contributed by atoms with Gasteiger partial charge in [0.1, 0.15) is 23.1 Å². The Hall–Kier alpha value is -4.59. The van der Waals surface area contributed by atoms with Crippen LogP contribution in [-0.4, -0.2) is 46.9 Å². The lowest BCUT2D eigenvalue weighted by Crippen LogP contribution is -2.31. The van der Waals surface area contributed by atoms with Crippen LogP contribution in [0.15, 0.2) is 78.5 Å². The molecule has 0 saturated carbocycles. The number of ether oxygens (including phenoxy) is 2. The van der Waals surface area contributed by atoms with Crippen molar-refractivity contribution in [2.45, 2.75) is 19.4 Å². The zero-order chi connectivity index (χ0) is 26.8. The Morgan fingerprint density at radius 1 is 1.05 bits per heavy atom. The second-order valence-electron chi connectivity index (χ2n) is 8.98. The van der Waals surface area contributed by atoms with Gasteiger partial charge < -0.3 is 24.5 Å². The molecular formula is C30H27FN2O5. The molecule has 0 spiro atoms. The number of rotatable bonds is 8. The molecule has 2 N–H and O–H groups in total. The first-order valence-electron chi connectivity index (χ1n) is 12.3. The molecule has 0 bridgehead atoms. The number of benzene rings is 3. The maximum absolute atomic E-state index is 14.3. The molecule has 3 aromatic carbocycles. The van der Waals surface area contributed by atoms with Crippen LogP contribution >= 0.6 is 0 Å². The Morgan fingerprint density at radius 2 is 1.82 bits per heavy atom. The van der Waals surface area contributed by atoms with Gasteiger partial charge in [-0.3, -0.25) is 9.59 Å². The number of fused-ring (bicyclic) bond motifs is 1. The minimum absolute atomic E-state index is 0.0784. The molecule has 0 unspecified atom stereocenters. The van der Waals surface area contributed by atoms with E-state index in [2.05, 4.69) is 4.98 Å². The first-order chi connectivity index (χ1) is 18.4. The van der Waals surface area contributed by atoms with E-state index in [0.29, 0.717) is 35.7 Å². The fraction of sp³-hybridized carbons (Fsp3) is 0.200. The molecule has 4 aromatic rings. The average molecular weight is 515 g/mol. The van der Waals surface area contributed by atoms with E-state index >= 15 is 0 Å². The van der Waals surface area contributed by atoms with Gasteiger partial charge in [-0.25, -0.2) is 4.39 Å². The number of aliphatic hydroxyl groups is 1. The highest BCUT2D eigenvalue weighted by Crippen LogP contribution is 2.40. The van der Waals surface area contributed by atoms with E-state index in [4.69, 9.17) is 9.47 Å². The predicted molar refractivity (Wildman–Crippen MR) is 142 cm³/mol. The fourth-order valence-electron chi connectivity index (χ4n) is 4.90. The zero-order valence-corrected chi connectivity index (χ0v) is 21.0. The highest BCUT2D eigenvalue weighted by Gasteiger charge is 2.46. The molecule has 7 nitrogen and oxygen atoms in total. The molecule has 38 heavy (non-hydrogen) atoms. The van der Waals surface area contributed by atoms with Crippen molar-refractivity contribution < 1.29 is 28.6 Å². The predicted octanol–water partition coefficient (Wildman–Crippen LogP) is 5.38. The molecule has 0 radical (unpaired) electrons. The quantitative estimate of drug-likeness (QED) is 0.187. The minimum atomic E-state index is -0.947. The Morgan fingerprint density at radius 3 is 2.53 bits per heavy atom. The molecule has 1 aliphatic rings. The molecule has 8 heteroatoms. The number of halogens is 1. The van der Waals surface area contributed by atoms with Gasteiger partial charge in [0.2, 0.25) is 0 Å². The van der Waals surface area contributed by atoms with Crippen molar-refractivity contribution in [1.82, 2.24) is 9.88 Å². The van der Waals surface area contributed by atoms with Crippen LogP contribution in [0.2, 0.25) is 0 Å². The number of nitrogens with zero attached hydrogens (tertiary/aromatic N) is 1. The van der Waals surface area contributed by atoms with Crippen LogP contribution in [-0.2, 0) is 16.0 Å². The number of methoxy groups -OCH3 is 1. The number of carbonyl (C=O) groups excluding carboxylic acids is 2. The molecule has 1 aliphatic heterocycles. The minimum Gasteiger partial charge on any atom is -0.507 e. The van der Waals surface area contributed by atoms with Gasteiger partial charge in [-0.1, -0.05) is 12.1 Å². The SMILES string of the molecule is CCOc1ccc(C(O)=C2C(=O)C(=O)N(CCc3c[nH]c4ccc(OC)cc34)[C@H]2c2cccc(F)c2)cc1. The van der Waals surface area contributed by atoms with E-state index < -0.39 is 23.5 Å². The van der Waals surface area contributed by atoms with Gasteiger partial charge in [0.25, 0.3) is 11.7 Å². The van der Waals surface area contributed by atoms with E-state index in [1.165, 1.54) is 23.1 Å². The summed E-state index contributed by atoms with van der Waals surface area (Å²) < 4.78 is 25.1. The summed E-state index contributed by atoms with van der Waals surface area (Å²) in [5, 5.41) is 12.2. The Bertz CT molecular complexity index is 1540. The van der Waals surface area contributed by atoms with Crippen molar-refractivity contribution in [1.29, 1.82) is 0 Å². The summed E-state index contributed by atoms with van der Waals surface area (Å²) in [6.45, 7) is 2.52. The van der Waals surface area contributed by atoms with E-state index in [1.807, 2.05) is 31.3 Å². The number of hydrogen-bond acceptors (Lipinski definition) is 5. The number of hydrogen-bond donors (Lipinski definition) is 2. The molecule has 1 saturated heterocycles. The first-order valence-corrected chi connectivity index (χ1v) is 12.3. The van der Waals surface area contributed by atoms with E-state index in [1.54, 1.807) is 37.4 Å². The second kappa shape index (κ2) is 10.4. The van der Waals surface area contributed by atoms with Crippen molar-refractivity contribution in [2.24, 2.45) is 0 Å². The lowest BCUT2D eigenvalue weighted by molar-refractivity contribution is -0.139. The summed E-state index contributed by atoms with van der Waals surface area (Å²) in [5.41, 5.74) is 2.53. The van der Waals surface area contributed by atoms with Gasteiger partial charge in [-0.15, -0.1) is 0 Å². The summed E-state index contributed by atoms with van der Waals surface area (Å²) >= 11 is 0. The van der Waals surface area contributed by atoms with Gasteiger partial charge >= 0.3 is 0 Å². The smallest absolute Gasteiger partial charge is 0.295 e. The number of aromatic amines is 1. The number of aromatic nitrogens is 1. The third-order valence-corrected chi connectivity index (χ3v) is 6.74. The molecule has 1 amide bonds. The normalized spacial score (nSPS) is 16.8. The van der Waals surface area contributed by atoms with E-state index in [9.17, 15) is 19.1 Å². The Balaban J connectivity index is 1.53. The lowest BCUT2D eigenvalue weighted by atomic mass is 9.95. The molecule has 0 aliphatic carbocycles. The van der Waals surface area contributed by atoms with Gasteiger partial charge in [0.15, 0.2) is 0 Å². The summed E-state index contributed by atoms with van der Waals surface area (Å²) in [4.78, 5) is 31.2. The number of aliphatic hydroxyl groups excluding tert-OH is 1.